The minimum atomic E-state index is -0.515. The SMILES string of the molecule is CCOc1cc(/C=C(\C#N)C(=O)Nc2ccc(OC)cc2)cc(Br)c1OCc1c(C)ccc2ccccc12. The first kappa shape index (κ1) is 26.8. The molecule has 4 rings (SSSR count). The molecule has 0 radical (unpaired) electrons. The largest absolute Gasteiger partial charge is 0.497 e. The number of nitrogens with zero attached hydrogens (tertiary/aromatic N) is 1. The summed E-state index contributed by atoms with van der Waals surface area (Å²) in [6.45, 7) is 4.73. The molecule has 0 saturated carbocycles. The van der Waals surface area contributed by atoms with Crippen LogP contribution in [0.5, 0.6) is 17.2 Å². The summed E-state index contributed by atoms with van der Waals surface area (Å²) < 4.78 is 17.9. The summed E-state index contributed by atoms with van der Waals surface area (Å²) in [6, 6.07) is 24.8. The van der Waals surface area contributed by atoms with Gasteiger partial charge in [0, 0.05) is 11.3 Å². The van der Waals surface area contributed by atoms with Crippen molar-refractivity contribution in [1.29, 1.82) is 5.26 Å². The van der Waals surface area contributed by atoms with Crippen LogP contribution in [0.3, 0.4) is 0 Å². The van der Waals surface area contributed by atoms with Crippen molar-refractivity contribution >= 4 is 44.4 Å². The Kier molecular flexibility index (Phi) is 8.67. The van der Waals surface area contributed by atoms with Crippen LogP contribution < -0.4 is 19.5 Å². The number of carbonyl (C=O) groups excluding carboxylic acids is 1. The molecule has 192 valence electrons. The number of nitriles is 1. The van der Waals surface area contributed by atoms with Gasteiger partial charge >= 0.3 is 0 Å². The van der Waals surface area contributed by atoms with E-state index < -0.39 is 5.91 Å². The smallest absolute Gasteiger partial charge is 0.266 e. The van der Waals surface area contributed by atoms with Crippen molar-refractivity contribution in [1.82, 2.24) is 0 Å². The Balaban J connectivity index is 1.59. The third kappa shape index (κ3) is 6.16. The third-order valence-electron chi connectivity index (χ3n) is 5.99. The lowest BCUT2D eigenvalue weighted by atomic mass is 10.0. The van der Waals surface area contributed by atoms with Crippen LogP contribution in [0.2, 0.25) is 0 Å². The van der Waals surface area contributed by atoms with E-state index in [1.165, 1.54) is 6.08 Å². The highest BCUT2D eigenvalue weighted by molar-refractivity contribution is 9.10. The number of methoxy groups -OCH3 is 1. The maximum Gasteiger partial charge on any atom is 0.266 e. The number of anilines is 1. The molecule has 0 aromatic heterocycles. The van der Waals surface area contributed by atoms with Crippen LogP contribution in [-0.2, 0) is 11.4 Å². The maximum atomic E-state index is 12.8. The van der Waals surface area contributed by atoms with Gasteiger partial charge in [-0.2, -0.15) is 5.26 Å². The number of hydrogen-bond donors (Lipinski definition) is 1. The number of amides is 1. The van der Waals surface area contributed by atoms with Gasteiger partial charge in [0.2, 0.25) is 0 Å². The predicted octanol–water partition coefficient (Wildman–Crippen LogP) is 7.44. The summed E-state index contributed by atoms with van der Waals surface area (Å²) in [6.07, 6.45) is 1.52. The second-order valence-corrected chi connectivity index (χ2v) is 9.34. The molecule has 4 aromatic rings. The van der Waals surface area contributed by atoms with E-state index in [0.717, 1.165) is 21.9 Å². The number of benzene rings is 4. The molecule has 38 heavy (non-hydrogen) atoms. The van der Waals surface area contributed by atoms with E-state index in [1.807, 2.05) is 25.1 Å². The molecule has 0 aliphatic rings. The summed E-state index contributed by atoms with van der Waals surface area (Å²) in [4.78, 5) is 12.8. The Hall–Kier alpha value is -4.28. The second-order valence-electron chi connectivity index (χ2n) is 8.49. The van der Waals surface area contributed by atoms with Gasteiger partial charge in [-0.1, -0.05) is 36.4 Å². The molecule has 0 fully saturated rings. The molecule has 7 heteroatoms. The van der Waals surface area contributed by atoms with Crippen LogP contribution in [0.25, 0.3) is 16.8 Å². The van der Waals surface area contributed by atoms with E-state index >= 15 is 0 Å². The van der Waals surface area contributed by atoms with Crippen molar-refractivity contribution in [3.05, 3.63) is 99.5 Å². The molecular formula is C31H27BrN2O4. The molecule has 0 unspecified atom stereocenters. The summed E-state index contributed by atoms with van der Waals surface area (Å²) in [5.74, 6) is 1.22. The first-order chi connectivity index (χ1) is 18.4. The lowest BCUT2D eigenvalue weighted by molar-refractivity contribution is -0.112. The van der Waals surface area contributed by atoms with Crippen LogP contribution in [0.1, 0.15) is 23.6 Å². The quantitative estimate of drug-likeness (QED) is 0.167. The Morgan fingerprint density at radius 1 is 1.05 bits per heavy atom. The van der Waals surface area contributed by atoms with E-state index in [1.54, 1.807) is 43.5 Å². The predicted molar refractivity (Wildman–Crippen MR) is 154 cm³/mol. The molecule has 6 nitrogen and oxygen atoms in total. The molecule has 0 saturated heterocycles. The highest BCUT2D eigenvalue weighted by atomic mass is 79.9. The van der Waals surface area contributed by atoms with Crippen molar-refractivity contribution in [3.8, 4) is 23.3 Å². The normalized spacial score (nSPS) is 11.1. The number of carbonyl (C=O) groups is 1. The Morgan fingerprint density at radius 2 is 1.82 bits per heavy atom. The van der Waals surface area contributed by atoms with Crippen LogP contribution in [0, 0.1) is 18.3 Å². The topological polar surface area (TPSA) is 80.6 Å². The molecule has 1 amide bonds. The molecule has 0 atom stereocenters. The molecule has 0 spiro atoms. The number of fused-ring (bicyclic) bond motifs is 1. The van der Waals surface area contributed by atoms with Gasteiger partial charge in [0.1, 0.15) is 24.0 Å². The van der Waals surface area contributed by atoms with Gasteiger partial charge in [-0.05, 0) is 94.2 Å². The number of hydrogen-bond acceptors (Lipinski definition) is 5. The zero-order chi connectivity index (χ0) is 27.1. The second kappa shape index (κ2) is 12.3. The van der Waals surface area contributed by atoms with E-state index in [-0.39, 0.29) is 5.57 Å². The number of rotatable bonds is 9. The molecule has 1 N–H and O–H groups in total. The van der Waals surface area contributed by atoms with Crippen molar-refractivity contribution in [3.63, 3.8) is 0 Å². The van der Waals surface area contributed by atoms with Crippen molar-refractivity contribution < 1.29 is 19.0 Å². The number of ether oxygens (including phenoxy) is 3. The first-order valence-corrected chi connectivity index (χ1v) is 12.9. The average Bonchev–Trinajstić information content (AvgIpc) is 2.92. The molecule has 4 aromatic carbocycles. The van der Waals surface area contributed by atoms with Gasteiger partial charge in [-0.25, -0.2) is 0 Å². The van der Waals surface area contributed by atoms with Crippen LogP contribution in [0.15, 0.2) is 82.8 Å². The summed E-state index contributed by atoms with van der Waals surface area (Å²) in [5, 5.41) is 14.7. The maximum absolute atomic E-state index is 12.8. The Morgan fingerprint density at radius 3 is 2.53 bits per heavy atom. The van der Waals surface area contributed by atoms with Gasteiger partial charge in [-0.15, -0.1) is 0 Å². The zero-order valence-corrected chi connectivity index (χ0v) is 23.0. The van der Waals surface area contributed by atoms with Gasteiger partial charge in [0.05, 0.1) is 18.2 Å². The molecule has 0 heterocycles. The fourth-order valence-electron chi connectivity index (χ4n) is 4.04. The summed E-state index contributed by atoms with van der Waals surface area (Å²) >= 11 is 3.60. The van der Waals surface area contributed by atoms with E-state index in [2.05, 4.69) is 52.4 Å². The first-order valence-electron chi connectivity index (χ1n) is 12.1. The van der Waals surface area contributed by atoms with Crippen molar-refractivity contribution in [2.45, 2.75) is 20.5 Å². The fraction of sp³-hybridized carbons (Fsp3) is 0.161. The van der Waals surface area contributed by atoms with E-state index in [0.29, 0.717) is 46.2 Å². The average molecular weight is 571 g/mol. The monoisotopic (exact) mass is 570 g/mol. The third-order valence-corrected chi connectivity index (χ3v) is 6.58. The minimum Gasteiger partial charge on any atom is -0.497 e. The summed E-state index contributed by atoms with van der Waals surface area (Å²) in [5.41, 5.74) is 3.37. The zero-order valence-electron chi connectivity index (χ0n) is 21.4. The van der Waals surface area contributed by atoms with Crippen LogP contribution in [0.4, 0.5) is 5.69 Å². The fourth-order valence-corrected chi connectivity index (χ4v) is 4.62. The molecule has 0 aliphatic heterocycles. The van der Waals surface area contributed by atoms with E-state index in [4.69, 9.17) is 14.2 Å². The Bertz CT molecular complexity index is 1540. The summed E-state index contributed by atoms with van der Waals surface area (Å²) in [7, 11) is 1.57. The standard InChI is InChI=1S/C31H27BrN2O4/c1-4-37-29-17-21(15-23(18-33)31(35)34-24-11-13-25(36-3)14-12-24)16-28(32)30(29)38-19-27-20(2)9-10-22-7-5-6-8-26(22)27/h5-17H,4,19H2,1-3H3,(H,34,35)/b23-15+. The lowest BCUT2D eigenvalue weighted by Gasteiger charge is -2.17. The van der Waals surface area contributed by atoms with Gasteiger partial charge < -0.3 is 19.5 Å². The number of aryl methyl sites for hydroxylation is 1. The Labute approximate surface area is 230 Å². The number of nitrogens with one attached hydrogen (secondary N) is 1. The molecular weight excluding hydrogens is 544 g/mol. The van der Waals surface area contributed by atoms with Crippen molar-refractivity contribution in [2.75, 3.05) is 19.0 Å². The van der Waals surface area contributed by atoms with E-state index in [9.17, 15) is 10.1 Å². The highest BCUT2D eigenvalue weighted by Gasteiger charge is 2.16. The van der Waals surface area contributed by atoms with Crippen LogP contribution >= 0.6 is 15.9 Å². The number of halogens is 1. The highest BCUT2D eigenvalue weighted by Crippen LogP contribution is 2.38. The van der Waals surface area contributed by atoms with Gasteiger partial charge in [0.15, 0.2) is 11.5 Å². The van der Waals surface area contributed by atoms with Gasteiger partial charge in [0.25, 0.3) is 5.91 Å². The van der Waals surface area contributed by atoms with Gasteiger partial charge in [-0.3, -0.25) is 4.79 Å². The minimum absolute atomic E-state index is 0.0461. The lowest BCUT2D eigenvalue weighted by Crippen LogP contribution is -2.13. The molecule has 0 aliphatic carbocycles. The van der Waals surface area contributed by atoms with Crippen LogP contribution in [-0.4, -0.2) is 19.6 Å². The molecule has 0 bridgehead atoms. The van der Waals surface area contributed by atoms with Crippen molar-refractivity contribution in [2.24, 2.45) is 0 Å².